The maximum absolute atomic E-state index is 12.9. The second-order valence-corrected chi connectivity index (χ2v) is 15.9. The Kier molecular flexibility index (Phi) is 10.5. The van der Waals surface area contributed by atoms with Gasteiger partial charge in [0.1, 0.15) is 11.9 Å². The number of rotatable bonds is 11. The van der Waals surface area contributed by atoms with E-state index < -0.39 is 34.5 Å². The fourth-order valence-corrected chi connectivity index (χ4v) is 9.83. The maximum atomic E-state index is 12.9. The minimum Gasteiger partial charge on any atom is -0.466 e. The van der Waals surface area contributed by atoms with Crippen LogP contribution in [0.3, 0.4) is 0 Å². The Labute approximate surface area is 231 Å². The van der Waals surface area contributed by atoms with E-state index in [0.717, 1.165) is 10.4 Å². The van der Waals surface area contributed by atoms with E-state index >= 15 is 0 Å². The van der Waals surface area contributed by atoms with Crippen molar-refractivity contribution in [3.8, 4) is 0 Å². The fourth-order valence-electron chi connectivity index (χ4n) is 4.57. The zero-order valence-electron chi connectivity index (χ0n) is 23.4. The van der Waals surface area contributed by atoms with Crippen molar-refractivity contribution in [3.05, 3.63) is 84.1 Å². The molecule has 0 saturated heterocycles. The van der Waals surface area contributed by atoms with Crippen molar-refractivity contribution in [1.29, 1.82) is 0 Å². The first-order valence-corrected chi connectivity index (χ1v) is 15.8. The molecule has 0 aliphatic carbocycles. The summed E-state index contributed by atoms with van der Waals surface area (Å²) < 4.78 is 52.0. The Balaban J connectivity index is 2.12. The Morgan fingerprint density at radius 1 is 0.949 bits per heavy atom. The van der Waals surface area contributed by atoms with Crippen molar-refractivity contribution in [2.24, 2.45) is 0 Å². The molecule has 1 heterocycles. The summed E-state index contributed by atoms with van der Waals surface area (Å²) in [5, 5.41) is 1.86. The minimum atomic E-state index is -3.98. The summed E-state index contributed by atoms with van der Waals surface area (Å²) in [6.07, 6.45) is 0.925. The molecule has 0 spiro atoms. The third-order valence-corrected chi connectivity index (χ3v) is 12.8. The second-order valence-electron chi connectivity index (χ2n) is 9.76. The van der Waals surface area contributed by atoms with Gasteiger partial charge in [0.05, 0.1) is 13.7 Å². The highest BCUT2D eigenvalue weighted by Crippen LogP contribution is 2.51. The summed E-state index contributed by atoms with van der Waals surface area (Å²) in [5.74, 6) is -0.610. The van der Waals surface area contributed by atoms with Gasteiger partial charge >= 0.3 is 13.8 Å². The minimum absolute atomic E-state index is 0.0287. The fraction of sp³-hybridized carbons (Fsp3) is 0.393. The predicted molar refractivity (Wildman–Crippen MR) is 150 cm³/mol. The number of hydrogen-bond acceptors (Lipinski definition) is 9. The van der Waals surface area contributed by atoms with E-state index in [4.69, 9.17) is 32.2 Å². The van der Waals surface area contributed by atoms with E-state index in [0.29, 0.717) is 0 Å². The normalized spacial score (nSPS) is 19.5. The van der Waals surface area contributed by atoms with Crippen molar-refractivity contribution in [2.75, 3.05) is 35.0 Å². The van der Waals surface area contributed by atoms with Crippen molar-refractivity contribution < 1.29 is 41.6 Å². The average molecular weight is 577 g/mol. The zero-order valence-corrected chi connectivity index (χ0v) is 25.3. The summed E-state index contributed by atoms with van der Waals surface area (Å²) in [5.41, 5.74) is 0.252. The second kappa shape index (κ2) is 13.2. The van der Waals surface area contributed by atoms with Gasteiger partial charge in [-0.2, -0.15) is 0 Å². The van der Waals surface area contributed by atoms with E-state index in [1.54, 1.807) is 0 Å². The van der Waals surface area contributed by atoms with E-state index in [2.05, 4.69) is 45.0 Å². The lowest BCUT2D eigenvalue weighted by atomic mass is 10.1. The molecule has 39 heavy (non-hydrogen) atoms. The van der Waals surface area contributed by atoms with Gasteiger partial charge in [0.2, 0.25) is 0 Å². The standard InChI is InChI=1S/C28H37O9PSi/c1-28(2,3)39(21-14-10-8-11-15-21,22-16-12-9-13-17-22)35-20-25-23(18-26(29)31-4)24(19-27(32-5)36-25)37-38(30,33-6)34-7/h8-19,25,27H,20H2,1-7H3/b23-18-/t25-,27+/m1/s1. The number of hydrogen-bond donors (Lipinski definition) is 0. The van der Waals surface area contributed by atoms with Crippen LogP contribution in [0.4, 0.5) is 0 Å². The molecule has 2 aromatic rings. The first kappa shape index (κ1) is 31.0. The number of carbonyl (C=O) groups is 1. The van der Waals surface area contributed by atoms with Crippen molar-refractivity contribution in [2.45, 2.75) is 38.2 Å². The molecule has 0 radical (unpaired) electrons. The molecule has 1 aliphatic rings. The van der Waals surface area contributed by atoms with Crippen LogP contribution in [0.1, 0.15) is 20.8 Å². The highest BCUT2D eigenvalue weighted by Gasteiger charge is 2.51. The Hall–Kier alpha value is -2.56. The highest BCUT2D eigenvalue weighted by atomic mass is 31.2. The van der Waals surface area contributed by atoms with Gasteiger partial charge in [-0.1, -0.05) is 81.4 Å². The number of carbonyl (C=O) groups excluding carboxylic acids is 1. The van der Waals surface area contributed by atoms with Gasteiger partial charge in [-0.05, 0) is 15.4 Å². The molecular formula is C28H37O9PSi. The Morgan fingerprint density at radius 3 is 1.92 bits per heavy atom. The summed E-state index contributed by atoms with van der Waals surface area (Å²) in [6.45, 7) is 6.50. The van der Waals surface area contributed by atoms with Crippen molar-refractivity contribution >= 4 is 32.5 Å². The van der Waals surface area contributed by atoms with E-state index in [1.165, 1.54) is 40.6 Å². The van der Waals surface area contributed by atoms with Gasteiger partial charge in [-0.3, -0.25) is 9.05 Å². The third kappa shape index (κ3) is 6.96. The first-order chi connectivity index (χ1) is 18.5. The van der Waals surface area contributed by atoms with Gasteiger partial charge in [-0.15, -0.1) is 0 Å². The molecule has 1 aliphatic heterocycles. The zero-order chi connectivity index (χ0) is 28.7. The number of ether oxygens (including phenoxy) is 3. The van der Waals surface area contributed by atoms with Crippen molar-refractivity contribution in [3.63, 3.8) is 0 Å². The summed E-state index contributed by atoms with van der Waals surface area (Å²) in [4.78, 5) is 12.4. The molecule has 2 aromatic carbocycles. The van der Waals surface area contributed by atoms with Crippen LogP contribution in [0.5, 0.6) is 0 Å². The summed E-state index contributed by atoms with van der Waals surface area (Å²) in [6, 6.07) is 20.3. The molecule has 2 atom stereocenters. The van der Waals surface area contributed by atoms with Crippen LogP contribution < -0.4 is 10.4 Å². The van der Waals surface area contributed by atoms with Gasteiger partial charge in [0.15, 0.2) is 6.29 Å². The van der Waals surface area contributed by atoms with Crippen LogP contribution >= 0.6 is 7.82 Å². The SMILES string of the molecule is COC(=O)/C=C1/C(OP(=O)(OC)OC)=C[C@@H](OC)O[C@@H]1CO[Si](c1ccccc1)(c1ccccc1)C(C)(C)C. The number of methoxy groups -OCH3 is 2. The largest absolute Gasteiger partial charge is 0.529 e. The van der Waals surface area contributed by atoms with Crippen molar-refractivity contribution in [1.82, 2.24) is 0 Å². The van der Waals surface area contributed by atoms with E-state index in [-0.39, 0.29) is 23.0 Å². The molecular weight excluding hydrogens is 539 g/mol. The lowest BCUT2D eigenvalue weighted by Crippen LogP contribution is -2.67. The molecule has 0 N–H and O–H groups in total. The lowest BCUT2D eigenvalue weighted by Gasteiger charge is -2.44. The van der Waals surface area contributed by atoms with Crippen LogP contribution in [0.25, 0.3) is 0 Å². The summed E-state index contributed by atoms with van der Waals surface area (Å²) in [7, 11) is -1.82. The van der Waals surface area contributed by atoms with Gasteiger partial charge < -0.3 is 23.2 Å². The van der Waals surface area contributed by atoms with Crippen LogP contribution in [0, 0.1) is 0 Å². The smallest absolute Gasteiger partial charge is 0.466 e. The Bertz CT molecular complexity index is 1160. The lowest BCUT2D eigenvalue weighted by molar-refractivity contribution is -0.137. The quantitative estimate of drug-likeness (QED) is 0.167. The van der Waals surface area contributed by atoms with Crippen LogP contribution in [0.15, 0.2) is 84.1 Å². The molecule has 0 unspecified atom stereocenters. The monoisotopic (exact) mass is 576 g/mol. The molecule has 11 heteroatoms. The molecule has 0 saturated carbocycles. The molecule has 0 amide bonds. The molecule has 0 bridgehead atoms. The highest BCUT2D eigenvalue weighted by molar-refractivity contribution is 7.48. The van der Waals surface area contributed by atoms with Gasteiger partial charge in [0.25, 0.3) is 8.32 Å². The molecule has 212 valence electrons. The number of benzene rings is 2. The first-order valence-electron chi connectivity index (χ1n) is 12.4. The van der Waals surface area contributed by atoms with Gasteiger partial charge in [-0.25, -0.2) is 9.36 Å². The van der Waals surface area contributed by atoms with Crippen LogP contribution in [0.2, 0.25) is 5.04 Å². The average Bonchev–Trinajstić information content (AvgIpc) is 2.94. The third-order valence-electron chi connectivity index (χ3n) is 6.45. The predicted octanol–water partition coefficient (Wildman–Crippen LogP) is 4.34. The molecule has 9 nitrogen and oxygen atoms in total. The van der Waals surface area contributed by atoms with E-state index in [1.807, 2.05) is 36.4 Å². The van der Waals surface area contributed by atoms with E-state index in [9.17, 15) is 9.36 Å². The molecule has 3 rings (SSSR count). The Morgan fingerprint density at radius 2 is 1.49 bits per heavy atom. The number of esters is 1. The maximum Gasteiger partial charge on any atom is 0.529 e. The van der Waals surface area contributed by atoms with Crippen LogP contribution in [-0.2, 0) is 41.6 Å². The van der Waals surface area contributed by atoms with Gasteiger partial charge in [0, 0.05) is 39.1 Å². The number of phosphoric ester groups is 1. The topological polar surface area (TPSA) is 98.8 Å². The molecule has 0 fully saturated rings. The summed E-state index contributed by atoms with van der Waals surface area (Å²) >= 11 is 0. The molecule has 0 aromatic heterocycles. The van der Waals surface area contributed by atoms with Crippen LogP contribution in [-0.4, -0.2) is 61.7 Å². The number of phosphoric acid groups is 1.